The van der Waals surface area contributed by atoms with Crippen molar-refractivity contribution in [1.82, 2.24) is 15.1 Å². The summed E-state index contributed by atoms with van der Waals surface area (Å²) in [5.41, 5.74) is 0. The Morgan fingerprint density at radius 2 is 2.32 bits per heavy atom. The first-order valence-corrected chi connectivity index (χ1v) is 7.79. The van der Waals surface area contributed by atoms with Crippen LogP contribution < -0.4 is 5.32 Å². The van der Waals surface area contributed by atoms with Crippen molar-refractivity contribution >= 4 is 40.2 Å². The maximum Gasteiger partial charge on any atom is 0.327 e. The second kappa shape index (κ2) is 6.20. The Morgan fingerprint density at radius 3 is 2.95 bits per heavy atom. The quantitative estimate of drug-likeness (QED) is 0.869. The normalized spacial score (nSPS) is 19.2. The Balaban J connectivity index is 2.03. The molecular formula is C10H14N4O3S2. The summed E-state index contributed by atoms with van der Waals surface area (Å²) < 4.78 is 0. The molecule has 19 heavy (non-hydrogen) atoms. The number of aryl methyl sites for hydroxylation is 1. The van der Waals surface area contributed by atoms with E-state index in [0.717, 1.165) is 17.2 Å². The van der Waals surface area contributed by atoms with Crippen LogP contribution in [0.5, 0.6) is 0 Å². The molecule has 2 heterocycles. The molecule has 2 N–H and O–H groups in total. The molecule has 0 aromatic carbocycles. The van der Waals surface area contributed by atoms with Gasteiger partial charge in [-0.1, -0.05) is 18.3 Å². The number of nitrogens with zero attached hydrogens (tertiary/aromatic N) is 3. The summed E-state index contributed by atoms with van der Waals surface area (Å²) in [5, 5.41) is 20.7. The number of thioether (sulfide) groups is 1. The van der Waals surface area contributed by atoms with Gasteiger partial charge in [-0.2, -0.15) is 11.8 Å². The molecule has 0 aliphatic carbocycles. The van der Waals surface area contributed by atoms with E-state index in [-0.39, 0.29) is 0 Å². The van der Waals surface area contributed by atoms with Crippen molar-refractivity contribution < 1.29 is 14.7 Å². The first-order chi connectivity index (χ1) is 9.11. The molecule has 1 aliphatic heterocycles. The Kier molecular flexibility index (Phi) is 4.59. The van der Waals surface area contributed by atoms with Gasteiger partial charge in [0.15, 0.2) is 0 Å². The molecule has 0 saturated carbocycles. The Bertz CT molecular complexity index is 479. The largest absolute Gasteiger partial charge is 0.480 e. The molecule has 2 rings (SSSR count). The van der Waals surface area contributed by atoms with Gasteiger partial charge in [0.2, 0.25) is 5.13 Å². The van der Waals surface area contributed by atoms with Crippen molar-refractivity contribution in [3.63, 3.8) is 0 Å². The van der Waals surface area contributed by atoms with Gasteiger partial charge in [-0.15, -0.1) is 10.2 Å². The second-order valence-corrected chi connectivity index (χ2v) is 6.12. The highest BCUT2D eigenvalue weighted by Crippen LogP contribution is 2.20. The molecule has 2 amide bonds. The van der Waals surface area contributed by atoms with E-state index in [0.29, 0.717) is 17.4 Å². The molecule has 0 bridgehead atoms. The number of carbonyl (C=O) groups excluding carboxylic acids is 1. The highest BCUT2D eigenvalue weighted by molar-refractivity contribution is 7.99. The van der Waals surface area contributed by atoms with E-state index in [2.05, 4.69) is 15.5 Å². The van der Waals surface area contributed by atoms with E-state index >= 15 is 0 Å². The number of nitrogens with one attached hydrogen (secondary N) is 1. The van der Waals surface area contributed by atoms with E-state index < -0.39 is 18.0 Å². The maximum absolute atomic E-state index is 12.1. The lowest BCUT2D eigenvalue weighted by atomic mass is 10.3. The van der Waals surface area contributed by atoms with Crippen molar-refractivity contribution in [2.75, 3.05) is 23.4 Å². The molecule has 0 radical (unpaired) electrons. The molecule has 1 saturated heterocycles. The lowest BCUT2D eigenvalue weighted by Gasteiger charge is -2.32. The standard InChI is InChI=1S/C10H14N4O3S2/c1-2-7-12-13-9(19-7)11-10(17)14-3-4-18-5-6(14)8(15)16/h6H,2-5H2,1H3,(H,15,16)(H,11,13,17). The number of amides is 2. The van der Waals surface area contributed by atoms with Gasteiger partial charge in [0.05, 0.1) is 0 Å². The molecule has 1 fully saturated rings. The summed E-state index contributed by atoms with van der Waals surface area (Å²) in [6.45, 7) is 2.38. The Hall–Kier alpha value is -1.35. The molecule has 1 aliphatic rings. The van der Waals surface area contributed by atoms with Crippen LogP contribution in [0.15, 0.2) is 0 Å². The highest BCUT2D eigenvalue weighted by Gasteiger charge is 2.32. The number of aliphatic carboxylic acids is 1. The molecule has 104 valence electrons. The van der Waals surface area contributed by atoms with Gasteiger partial charge in [0.25, 0.3) is 0 Å². The third-order valence-corrected chi connectivity index (χ3v) is 4.66. The number of anilines is 1. The number of carboxylic acids is 1. The van der Waals surface area contributed by atoms with Gasteiger partial charge in [0, 0.05) is 18.1 Å². The smallest absolute Gasteiger partial charge is 0.327 e. The Labute approximate surface area is 118 Å². The van der Waals surface area contributed by atoms with E-state index in [1.165, 1.54) is 28.0 Å². The minimum atomic E-state index is -0.978. The molecule has 1 aromatic rings. The van der Waals surface area contributed by atoms with E-state index in [4.69, 9.17) is 5.11 Å². The van der Waals surface area contributed by atoms with Crippen LogP contribution in [0.4, 0.5) is 9.93 Å². The van der Waals surface area contributed by atoms with Crippen molar-refractivity contribution in [1.29, 1.82) is 0 Å². The minimum Gasteiger partial charge on any atom is -0.480 e. The van der Waals surface area contributed by atoms with Crippen LogP contribution >= 0.6 is 23.1 Å². The van der Waals surface area contributed by atoms with Crippen molar-refractivity contribution in [3.8, 4) is 0 Å². The fourth-order valence-electron chi connectivity index (χ4n) is 1.66. The molecular weight excluding hydrogens is 288 g/mol. The zero-order valence-corrected chi connectivity index (χ0v) is 12.0. The molecule has 1 unspecified atom stereocenters. The van der Waals surface area contributed by atoms with Crippen LogP contribution in [0.25, 0.3) is 0 Å². The minimum absolute atomic E-state index is 0.407. The first kappa shape index (κ1) is 14.1. The number of aromatic nitrogens is 2. The number of urea groups is 1. The van der Waals surface area contributed by atoms with Crippen LogP contribution in [0, 0.1) is 0 Å². The number of carbonyl (C=O) groups is 2. The van der Waals surface area contributed by atoms with Gasteiger partial charge in [0.1, 0.15) is 11.0 Å². The van der Waals surface area contributed by atoms with Gasteiger partial charge in [-0.3, -0.25) is 5.32 Å². The third-order valence-electron chi connectivity index (χ3n) is 2.66. The van der Waals surface area contributed by atoms with E-state index in [1.807, 2.05) is 6.92 Å². The first-order valence-electron chi connectivity index (χ1n) is 5.82. The van der Waals surface area contributed by atoms with Gasteiger partial charge in [-0.25, -0.2) is 9.59 Å². The molecule has 1 aromatic heterocycles. The van der Waals surface area contributed by atoms with Gasteiger partial charge >= 0.3 is 12.0 Å². The average Bonchev–Trinajstić information content (AvgIpc) is 2.86. The van der Waals surface area contributed by atoms with E-state index in [9.17, 15) is 9.59 Å². The molecule has 0 spiro atoms. The van der Waals surface area contributed by atoms with Crippen LogP contribution in [0.1, 0.15) is 11.9 Å². The molecule has 7 nitrogen and oxygen atoms in total. The lowest BCUT2D eigenvalue weighted by Crippen LogP contribution is -2.51. The molecule has 1 atom stereocenters. The summed E-state index contributed by atoms with van der Waals surface area (Å²) in [6.07, 6.45) is 0.756. The SMILES string of the molecule is CCc1nnc(NC(=O)N2CCSCC2C(=O)O)s1. The number of hydrogen-bond donors (Lipinski definition) is 2. The van der Waals surface area contributed by atoms with Crippen LogP contribution in [0.2, 0.25) is 0 Å². The maximum atomic E-state index is 12.1. The zero-order chi connectivity index (χ0) is 13.8. The van der Waals surface area contributed by atoms with Crippen LogP contribution in [-0.2, 0) is 11.2 Å². The molecule has 9 heteroatoms. The Morgan fingerprint density at radius 1 is 1.53 bits per heavy atom. The summed E-state index contributed by atoms with van der Waals surface area (Å²) in [7, 11) is 0. The third kappa shape index (κ3) is 3.35. The van der Waals surface area contributed by atoms with Gasteiger partial charge in [-0.05, 0) is 6.42 Å². The summed E-state index contributed by atoms with van der Waals surface area (Å²) in [6, 6.07) is -1.20. The number of hydrogen-bond acceptors (Lipinski definition) is 6. The predicted molar refractivity (Wildman–Crippen MR) is 73.8 cm³/mol. The van der Waals surface area contributed by atoms with Crippen LogP contribution in [-0.4, -0.2) is 56.3 Å². The van der Waals surface area contributed by atoms with Crippen molar-refractivity contribution in [2.45, 2.75) is 19.4 Å². The van der Waals surface area contributed by atoms with Crippen molar-refractivity contribution in [3.05, 3.63) is 5.01 Å². The van der Waals surface area contributed by atoms with Gasteiger partial charge < -0.3 is 10.0 Å². The topological polar surface area (TPSA) is 95.4 Å². The predicted octanol–water partition coefficient (Wildman–Crippen LogP) is 1.13. The average molecular weight is 302 g/mol. The van der Waals surface area contributed by atoms with E-state index in [1.54, 1.807) is 0 Å². The fourth-order valence-corrected chi connectivity index (χ4v) is 3.37. The number of rotatable bonds is 3. The second-order valence-electron chi connectivity index (χ2n) is 3.91. The highest BCUT2D eigenvalue weighted by atomic mass is 32.2. The summed E-state index contributed by atoms with van der Waals surface area (Å²) in [5.74, 6) is 0.181. The lowest BCUT2D eigenvalue weighted by molar-refractivity contribution is -0.141. The summed E-state index contributed by atoms with van der Waals surface area (Å²) >= 11 is 2.84. The summed E-state index contributed by atoms with van der Waals surface area (Å²) in [4.78, 5) is 24.5. The van der Waals surface area contributed by atoms with Crippen molar-refractivity contribution in [2.24, 2.45) is 0 Å². The van der Waals surface area contributed by atoms with Crippen LogP contribution in [0.3, 0.4) is 0 Å². The fraction of sp³-hybridized carbons (Fsp3) is 0.600. The zero-order valence-electron chi connectivity index (χ0n) is 10.3. The number of carboxylic acid groups (broad SMARTS) is 1. The monoisotopic (exact) mass is 302 g/mol.